The molecule has 3 aromatic carbocycles. The lowest BCUT2D eigenvalue weighted by atomic mass is 9.62. The Morgan fingerprint density at radius 2 is 1.32 bits per heavy atom. The molecule has 2 amide bonds. The van der Waals surface area contributed by atoms with Gasteiger partial charge in [-0.15, -0.1) is 0 Å². The molecule has 1 unspecified atom stereocenters. The van der Waals surface area contributed by atoms with E-state index in [0.29, 0.717) is 32.3 Å². The van der Waals surface area contributed by atoms with Gasteiger partial charge in [0.15, 0.2) is 5.78 Å². The second-order valence-corrected chi connectivity index (χ2v) is 9.42. The van der Waals surface area contributed by atoms with Gasteiger partial charge in [-0.3, -0.25) is 19.7 Å². The Hall–Kier alpha value is -3.47. The number of hydrogen-bond donors (Lipinski definition) is 1. The van der Waals surface area contributed by atoms with E-state index in [0.717, 1.165) is 11.1 Å². The topological polar surface area (TPSA) is 63.2 Å². The van der Waals surface area contributed by atoms with Crippen LogP contribution in [0.1, 0.15) is 39.9 Å². The van der Waals surface area contributed by atoms with Crippen molar-refractivity contribution in [2.75, 3.05) is 0 Å². The Bertz CT molecular complexity index is 1420. The summed E-state index contributed by atoms with van der Waals surface area (Å²) in [6.45, 7) is 0. The van der Waals surface area contributed by atoms with Crippen LogP contribution in [0.2, 0.25) is 10.0 Å². The second kappa shape index (κ2) is 8.71. The Morgan fingerprint density at radius 3 is 1.97 bits per heavy atom. The van der Waals surface area contributed by atoms with Crippen LogP contribution in [-0.4, -0.2) is 17.6 Å². The zero-order valence-corrected chi connectivity index (χ0v) is 19.5. The van der Waals surface area contributed by atoms with Crippen LogP contribution >= 0.6 is 23.2 Å². The van der Waals surface area contributed by atoms with Crippen molar-refractivity contribution in [3.8, 4) is 0 Å². The predicted molar refractivity (Wildman–Crippen MR) is 134 cm³/mol. The molecule has 2 aliphatic rings. The average Bonchev–Trinajstić information content (AvgIpc) is 2.81. The zero-order valence-electron chi connectivity index (χ0n) is 18.0. The molecule has 0 saturated carbocycles. The first kappa shape index (κ1) is 22.3. The highest BCUT2D eigenvalue weighted by molar-refractivity contribution is 6.31. The highest BCUT2D eigenvalue weighted by atomic mass is 35.5. The Kier molecular flexibility index (Phi) is 5.72. The summed E-state index contributed by atoms with van der Waals surface area (Å²) in [4.78, 5) is 39.6. The van der Waals surface area contributed by atoms with Gasteiger partial charge in [-0.1, -0.05) is 71.7 Å². The molecule has 1 heterocycles. The number of fused-ring (bicyclic) bond motifs is 2. The first-order valence-corrected chi connectivity index (χ1v) is 11.5. The molecule has 168 valence electrons. The van der Waals surface area contributed by atoms with Crippen molar-refractivity contribution in [1.82, 2.24) is 5.32 Å². The number of allylic oxidation sites excluding steroid dienone is 1. The van der Waals surface area contributed by atoms with Crippen LogP contribution in [0.4, 0.5) is 0 Å². The smallest absolute Gasteiger partial charge is 0.253 e. The van der Waals surface area contributed by atoms with E-state index in [1.54, 1.807) is 60.7 Å². The molecular weight excluding hydrogens is 469 g/mol. The normalized spacial score (nSPS) is 22.2. The molecular formula is C28H19Cl2NO3. The van der Waals surface area contributed by atoms with E-state index in [1.165, 1.54) is 0 Å². The number of hydrogen-bond acceptors (Lipinski definition) is 3. The van der Waals surface area contributed by atoms with Crippen molar-refractivity contribution in [2.45, 2.75) is 18.3 Å². The maximum absolute atomic E-state index is 13.4. The number of nitrogens with one attached hydrogen (secondary N) is 1. The van der Waals surface area contributed by atoms with E-state index in [9.17, 15) is 14.4 Å². The molecule has 34 heavy (non-hydrogen) atoms. The van der Waals surface area contributed by atoms with Crippen LogP contribution < -0.4 is 5.32 Å². The molecule has 0 radical (unpaired) electrons. The molecule has 6 heteroatoms. The lowest BCUT2D eigenvalue weighted by molar-refractivity contribution is -0.135. The fourth-order valence-corrected chi connectivity index (χ4v) is 5.15. The molecule has 1 fully saturated rings. The van der Waals surface area contributed by atoms with Gasteiger partial charge in [0.1, 0.15) is 0 Å². The van der Waals surface area contributed by atoms with Gasteiger partial charge >= 0.3 is 0 Å². The zero-order chi connectivity index (χ0) is 23.9. The number of Topliss-reactive ketones (excluding diaryl/α,β-unsaturated/α-hetero) is 1. The monoisotopic (exact) mass is 487 g/mol. The number of carbonyl (C=O) groups excluding carboxylic acids is 3. The first-order valence-electron chi connectivity index (χ1n) is 10.8. The van der Waals surface area contributed by atoms with Gasteiger partial charge in [0.25, 0.3) is 5.91 Å². The minimum Gasteiger partial charge on any atom is -0.292 e. The van der Waals surface area contributed by atoms with Gasteiger partial charge in [-0.25, -0.2) is 0 Å². The number of piperidine rings is 1. The first-order chi connectivity index (χ1) is 16.4. The molecule has 1 atom stereocenters. The van der Waals surface area contributed by atoms with Crippen molar-refractivity contribution in [3.63, 3.8) is 0 Å². The van der Waals surface area contributed by atoms with E-state index in [1.807, 2.05) is 24.3 Å². The van der Waals surface area contributed by atoms with E-state index < -0.39 is 17.2 Å². The number of halogens is 2. The third-order valence-electron chi connectivity index (χ3n) is 6.30. The number of imide groups is 1. The molecule has 0 bridgehead atoms. The maximum atomic E-state index is 13.4. The van der Waals surface area contributed by atoms with Gasteiger partial charge in [0.05, 0.1) is 5.41 Å². The SMILES string of the molecule is O=C1NC(=O)C2(C/C1=C\c1cccc(Cl)c1)C/C(=C\c1cccc(Cl)c1)C(=O)c1ccccc12. The van der Waals surface area contributed by atoms with Crippen LogP contribution in [0.5, 0.6) is 0 Å². The molecule has 1 N–H and O–H groups in total. The Labute approximate surface area is 206 Å². The quantitative estimate of drug-likeness (QED) is 0.354. The largest absolute Gasteiger partial charge is 0.292 e. The summed E-state index contributed by atoms with van der Waals surface area (Å²) in [6, 6.07) is 21.5. The van der Waals surface area contributed by atoms with E-state index in [2.05, 4.69) is 5.32 Å². The highest BCUT2D eigenvalue weighted by Crippen LogP contribution is 2.46. The Balaban J connectivity index is 1.65. The van der Waals surface area contributed by atoms with Crippen LogP contribution in [0.25, 0.3) is 12.2 Å². The summed E-state index contributed by atoms with van der Waals surface area (Å²) in [5.41, 5.74) is 2.48. The van der Waals surface area contributed by atoms with Crippen LogP contribution in [0, 0.1) is 0 Å². The molecule has 3 aromatic rings. The van der Waals surface area contributed by atoms with E-state index in [4.69, 9.17) is 23.2 Å². The highest BCUT2D eigenvalue weighted by Gasteiger charge is 2.51. The van der Waals surface area contributed by atoms with Crippen molar-refractivity contribution in [2.24, 2.45) is 0 Å². The second-order valence-electron chi connectivity index (χ2n) is 8.54. The molecule has 1 aliphatic heterocycles. The average molecular weight is 488 g/mol. The lowest BCUT2D eigenvalue weighted by Gasteiger charge is -2.41. The third kappa shape index (κ3) is 4.00. The summed E-state index contributed by atoms with van der Waals surface area (Å²) in [6.07, 6.45) is 3.85. The summed E-state index contributed by atoms with van der Waals surface area (Å²) in [7, 11) is 0. The van der Waals surface area contributed by atoms with Gasteiger partial charge in [0, 0.05) is 26.8 Å². The Morgan fingerprint density at radius 1 is 0.735 bits per heavy atom. The minimum absolute atomic E-state index is 0.133. The van der Waals surface area contributed by atoms with Crippen molar-refractivity contribution < 1.29 is 14.4 Å². The fourth-order valence-electron chi connectivity index (χ4n) is 4.75. The lowest BCUT2D eigenvalue weighted by Crippen LogP contribution is -2.54. The van der Waals surface area contributed by atoms with Gasteiger partial charge in [0.2, 0.25) is 5.91 Å². The molecule has 5 rings (SSSR count). The van der Waals surface area contributed by atoms with Crippen molar-refractivity contribution >= 4 is 53.0 Å². The predicted octanol–water partition coefficient (Wildman–Crippen LogP) is 6.03. The van der Waals surface area contributed by atoms with Crippen LogP contribution in [0.3, 0.4) is 0 Å². The summed E-state index contributed by atoms with van der Waals surface area (Å²) in [5.74, 6) is -0.977. The van der Waals surface area contributed by atoms with Gasteiger partial charge < -0.3 is 0 Å². The van der Waals surface area contributed by atoms with Gasteiger partial charge in [-0.2, -0.15) is 0 Å². The number of ketones is 1. The summed E-state index contributed by atoms with van der Waals surface area (Å²) < 4.78 is 0. The molecule has 1 saturated heterocycles. The molecule has 1 aliphatic carbocycles. The maximum Gasteiger partial charge on any atom is 0.253 e. The molecule has 0 aromatic heterocycles. The summed E-state index contributed by atoms with van der Waals surface area (Å²) in [5, 5.41) is 3.64. The van der Waals surface area contributed by atoms with E-state index in [-0.39, 0.29) is 18.6 Å². The van der Waals surface area contributed by atoms with Crippen molar-refractivity contribution in [3.05, 3.63) is 116 Å². The minimum atomic E-state index is -1.09. The van der Waals surface area contributed by atoms with Crippen molar-refractivity contribution in [1.29, 1.82) is 0 Å². The number of carbonyl (C=O) groups is 3. The number of amides is 2. The fraction of sp³-hybridized carbons (Fsp3) is 0.107. The van der Waals surface area contributed by atoms with Crippen LogP contribution in [0.15, 0.2) is 83.9 Å². The standard InChI is InChI=1S/C28H19Cl2NO3/c29-21-7-3-5-17(13-21)11-19-15-28(24-10-2-1-9-23(24)25(19)32)16-20(26(33)31-27(28)34)12-18-6-4-8-22(30)14-18/h1-14H,15-16H2,(H,31,33,34)/b19-11+,20-12+. The number of rotatable bonds is 2. The molecule has 1 spiro atoms. The number of benzene rings is 3. The molecule has 4 nitrogen and oxygen atoms in total. The van der Waals surface area contributed by atoms with E-state index >= 15 is 0 Å². The van der Waals surface area contributed by atoms with Gasteiger partial charge in [-0.05, 0) is 65.9 Å². The third-order valence-corrected chi connectivity index (χ3v) is 6.77. The summed E-state index contributed by atoms with van der Waals surface area (Å²) >= 11 is 12.3. The van der Waals surface area contributed by atoms with Crippen LogP contribution in [-0.2, 0) is 15.0 Å².